The Bertz CT molecular complexity index is 1180. The minimum Gasteiger partial charge on any atom is -0.483 e. The average Bonchev–Trinajstić information content (AvgIpc) is 2.79. The van der Waals surface area contributed by atoms with Crippen molar-refractivity contribution < 1.29 is 19.1 Å². The van der Waals surface area contributed by atoms with Crippen LogP contribution in [0.5, 0.6) is 5.75 Å². The molecule has 0 unspecified atom stereocenters. The van der Waals surface area contributed by atoms with Crippen LogP contribution in [0.4, 0.5) is 11.4 Å². The molecule has 168 valence electrons. The van der Waals surface area contributed by atoms with Gasteiger partial charge in [0.1, 0.15) is 5.75 Å². The highest BCUT2D eigenvalue weighted by Crippen LogP contribution is 2.22. The fourth-order valence-corrected chi connectivity index (χ4v) is 3.11. The van der Waals surface area contributed by atoms with E-state index in [0.717, 1.165) is 10.0 Å². The summed E-state index contributed by atoms with van der Waals surface area (Å²) < 4.78 is 6.35. The molecule has 0 bridgehead atoms. The van der Waals surface area contributed by atoms with E-state index in [4.69, 9.17) is 4.74 Å². The molecule has 0 heterocycles. The summed E-state index contributed by atoms with van der Waals surface area (Å²) in [6.45, 7) is 1.66. The maximum atomic E-state index is 12.1. The summed E-state index contributed by atoms with van der Waals surface area (Å²) in [6.07, 6.45) is 1.33. The van der Waals surface area contributed by atoms with E-state index in [0.29, 0.717) is 22.7 Å². The highest BCUT2D eigenvalue weighted by atomic mass is 79.9. The molecule has 3 N–H and O–H groups in total. The predicted molar refractivity (Wildman–Crippen MR) is 130 cm³/mol. The van der Waals surface area contributed by atoms with E-state index < -0.39 is 11.8 Å². The van der Waals surface area contributed by atoms with Gasteiger partial charge in [-0.3, -0.25) is 14.4 Å². The van der Waals surface area contributed by atoms with Crippen LogP contribution in [0, 0.1) is 6.92 Å². The highest BCUT2D eigenvalue weighted by Gasteiger charge is 2.13. The quantitative estimate of drug-likeness (QED) is 0.255. The van der Waals surface area contributed by atoms with Gasteiger partial charge >= 0.3 is 11.8 Å². The second kappa shape index (κ2) is 11.6. The molecule has 3 amide bonds. The number of para-hydroxylation sites is 1. The van der Waals surface area contributed by atoms with Gasteiger partial charge in [0.2, 0.25) is 0 Å². The number of nitrogens with one attached hydrogen (secondary N) is 3. The monoisotopic (exact) mass is 508 g/mol. The first-order chi connectivity index (χ1) is 15.9. The Hall–Kier alpha value is -3.98. The summed E-state index contributed by atoms with van der Waals surface area (Å²) in [4.78, 5) is 36.2. The van der Waals surface area contributed by atoms with Gasteiger partial charge in [-0.15, -0.1) is 0 Å². The van der Waals surface area contributed by atoms with E-state index >= 15 is 0 Å². The molecule has 0 radical (unpaired) electrons. The van der Waals surface area contributed by atoms with Crippen molar-refractivity contribution in [3.63, 3.8) is 0 Å². The molecule has 3 aromatic carbocycles. The van der Waals surface area contributed by atoms with Crippen LogP contribution in [0.3, 0.4) is 0 Å². The Kier molecular flexibility index (Phi) is 8.31. The van der Waals surface area contributed by atoms with Crippen LogP contribution < -0.4 is 20.8 Å². The first-order valence-electron chi connectivity index (χ1n) is 9.89. The number of carbonyl (C=O) groups is 3. The van der Waals surface area contributed by atoms with Crippen molar-refractivity contribution >= 4 is 51.2 Å². The van der Waals surface area contributed by atoms with E-state index in [2.05, 4.69) is 37.1 Å². The Labute approximate surface area is 199 Å². The second-order valence-corrected chi connectivity index (χ2v) is 7.82. The van der Waals surface area contributed by atoms with Crippen molar-refractivity contribution in [3.05, 3.63) is 88.4 Å². The standard InChI is InChI=1S/C24H21BrN4O4/c1-16-6-5-9-20(12-16)28-23(31)24(32)29-26-14-17-13-18(25)10-11-21(17)33-15-22(30)27-19-7-3-2-4-8-19/h2-14H,15H2,1H3,(H,27,30)(H,28,31)(H,29,32)/b26-14-. The molecule has 8 nitrogen and oxygen atoms in total. The fourth-order valence-electron chi connectivity index (χ4n) is 2.74. The number of hydrazone groups is 1. The van der Waals surface area contributed by atoms with Gasteiger partial charge in [0.25, 0.3) is 5.91 Å². The van der Waals surface area contributed by atoms with Gasteiger partial charge in [0, 0.05) is 21.4 Å². The van der Waals surface area contributed by atoms with E-state index in [1.807, 2.05) is 31.2 Å². The number of ether oxygens (including phenoxy) is 1. The summed E-state index contributed by atoms with van der Waals surface area (Å²) >= 11 is 3.36. The molecule has 3 aromatic rings. The molecule has 0 aliphatic heterocycles. The minimum absolute atomic E-state index is 0.220. The minimum atomic E-state index is -0.924. The Morgan fingerprint density at radius 1 is 0.909 bits per heavy atom. The van der Waals surface area contributed by atoms with Gasteiger partial charge < -0.3 is 15.4 Å². The van der Waals surface area contributed by atoms with E-state index in [1.165, 1.54) is 6.21 Å². The normalized spacial score (nSPS) is 10.5. The number of anilines is 2. The van der Waals surface area contributed by atoms with E-state index in [-0.39, 0.29) is 12.5 Å². The smallest absolute Gasteiger partial charge is 0.329 e. The molecule has 0 aromatic heterocycles. The summed E-state index contributed by atoms with van der Waals surface area (Å²) in [7, 11) is 0. The third kappa shape index (κ3) is 7.58. The van der Waals surface area contributed by atoms with Crippen molar-refractivity contribution in [2.75, 3.05) is 17.2 Å². The van der Waals surface area contributed by atoms with Gasteiger partial charge in [-0.05, 0) is 55.0 Å². The summed E-state index contributed by atoms with van der Waals surface area (Å²) in [5.74, 6) is -1.72. The predicted octanol–water partition coefficient (Wildman–Crippen LogP) is 3.86. The third-order valence-corrected chi connectivity index (χ3v) is 4.73. The van der Waals surface area contributed by atoms with Crippen LogP contribution >= 0.6 is 15.9 Å². The molecular weight excluding hydrogens is 488 g/mol. The number of hydrogen-bond acceptors (Lipinski definition) is 5. The number of amides is 3. The van der Waals surface area contributed by atoms with Crippen molar-refractivity contribution in [3.8, 4) is 5.75 Å². The zero-order valence-electron chi connectivity index (χ0n) is 17.7. The molecule has 3 rings (SSSR count). The highest BCUT2D eigenvalue weighted by molar-refractivity contribution is 9.10. The lowest BCUT2D eigenvalue weighted by Crippen LogP contribution is -2.32. The van der Waals surface area contributed by atoms with Gasteiger partial charge in [-0.2, -0.15) is 5.10 Å². The topological polar surface area (TPSA) is 109 Å². The third-order valence-electron chi connectivity index (χ3n) is 4.24. The first-order valence-corrected chi connectivity index (χ1v) is 10.7. The molecule has 0 aliphatic carbocycles. The van der Waals surface area contributed by atoms with E-state index in [9.17, 15) is 14.4 Å². The van der Waals surface area contributed by atoms with Crippen molar-refractivity contribution in [1.82, 2.24) is 5.43 Å². The van der Waals surface area contributed by atoms with Gasteiger partial charge in [0.05, 0.1) is 6.21 Å². The molecule has 0 aliphatic rings. The van der Waals surface area contributed by atoms with Crippen LogP contribution in [0.2, 0.25) is 0 Å². The van der Waals surface area contributed by atoms with Crippen molar-refractivity contribution in [2.45, 2.75) is 6.92 Å². The molecule has 0 fully saturated rings. The molecular formula is C24H21BrN4O4. The lowest BCUT2D eigenvalue weighted by Gasteiger charge is -2.10. The molecule has 0 saturated carbocycles. The van der Waals surface area contributed by atoms with Crippen molar-refractivity contribution in [2.24, 2.45) is 5.10 Å². The van der Waals surface area contributed by atoms with Crippen LogP contribution in [0.25, 0.3) is 0 Å². The Balaban J connectivity index is 1.57. The van der Waals surface area contributed by atoms with Gasteiger partial charge in [-0.25, -0.2) is 5.43 Å². The maximum absolute atomic E-state index is 12.1. The van der Waals surface area contributed by atoms with Gasteiger partial charge in [0.15, 0.2) is 6.61 Å². The molecule has 9 heteroatoms. The maximum Gasteiger partial charge on any atom is 0.329 e. The number of benzene rings is 3. The summed E-state index contributed by atoms with van der Waals surface area (Å²) in [5, 5.41) is 9.06. The Morgan fingerprint density at radius 2 is 1.67 bits per heavy atom. The average molecular weight is 509 g/mol. The number of hydrogen-bond donors (Lipinski definition) is 3. The lowest BCUT2D eigenvalue weighted by molar-refractivity contribution is -0.136. The molecule has 33 heavy (non-hydrogen) atoms. The molecule has 0 saturated heterocycles. The van der Waals surface area contributed by atoms with Gasteiger partial charge in [-0.1, -0.05) is 46.3 Å². The SMILES string of the molecule is Cc1cccc(NC(=O)C(=O)N/N=C\c2cc(Br)ccc2OCC(=O)Nc2ccccc2)c1. The van der Waals surface area contributed by atoms with Crippen LogP contribution in [-0.2, 0) is 14.4 Å². The number of halogens is 1. The number of carbonyl (C=O) groups excluding carboxylic acids is 3. The lowest BCUT2D eigenvalue weighted by atomic mass is 10.2. The molecule has 0 atom stereocenters. The zero-order valence-corrected chi connectivity index (χ0v) is 19.3. The summed E-state index contributed by atoms with van der Waals surface area (Å²) in [5.41, 5.74) is 4.80. The fraction of sp³-hybridized carbons (Fsp3) is 0.0833. The van der Waals surface area contributed by atoms with Crippen LogP contribution in [-0.4, -0.2) is 30.5 Å². The number of rotatable bonds is 7. The molecule has 0 spiro atoms. The first kappa shape index (κ1) is 23.7. The van der Waals surface area contributed by atoms with E-state index in [1.54, 1.807) is 48.5 Å². The van der Waals surface area contributed by atoms with Crippen LogP contribution in [0.15, 0.2) is 82.4 Å². The van der Waals surface area contributed by atoms with Crippen LogP contribution in [0.1, 0.15) is 11.1 Å². The largest absolute Gasteiger partial charge is 0.483 e. The van der Waals surface area contributed by atoms with Crippen molar-refractivity contribution in [1.29, 1.82) is 0 Å². The summed E-state index contributed by atoms with van der Waals surface area (Å²) in [6, 6.07) is 21.2. The zero-order chi connectivity index (χ0) is 23.6. The number of aryl methyl sites for hydroxylation is 1. The number of nitrogens with zero attached hydrogens (tertiary/aromatic N) is 1. The second-order valence-electron chi connectivity index (χ2n) is 6.91. The Morgan fingerprint density at radius 3 is 2.42 bits per heavy atom.